The third-order valence-corrected chi connectivity index (χ3v) is 1.03. The largest absolute Gasteiger partial charge is 0.478 e. The summed E-state index contributed by atoms with van der Waals surface area (Å²) in [6.45, 7) is 3.33. The molecule has 0 aromatic carbocycles. The smallest absolute Gasteiger partial charge is 0.338 e. The fraction of sp³-hybridized carbons (Fsp3) is 0.167. The van der Waals surface area contributed by atoms with Crippen LogP contribution in [0.5, 0.6) is 0 Å². The molecule has 0 saturated carbocycles. The van der Waals surface area contributed by atoms with Gasteiger partial charge in [-0.3, -0.25) is 0 Å². The molecule has 54 valence electrons. The minimum atomic E-state index is -1.10. The molecule has 0 fully saturated rings. The predicted octanol–water partition coefficient (Wildman–Crippen LogP) is 0.473. The first-order valence-corrected chi connectivity index (χ1v) is 2.59. The predicted molar refractivity (Wildman–Crippen MR) is 31.9 cm³/mol. The summed E-state index contributed by atoms with van der Waals surface area (Å²) >= 11 is 0. The molecule has 0 aromatic heterocycles. The summed E-state index contributed by atoms with van der Waals surface area (Å²) < 4.78 is 9.35. The van der Waals surface area contributed by atoms with Crippen LogP contribution in [0.1, 0.15) is 0 Å². The molecule has 1 aliphatic rings. The molecule has 0 atom stereocenters. The first kappa shape index (κ1) is 6.67. The van der Waals surface area contributed by atoms with Crippen LogP contribution in [0.15, 0.2) is 24.2 Å². The van der Waals surface area contributed by atoms with E-state index < -0.39 is 5.97 Å². The van der Waals surface area contributed by atoms with Crippen LogP contribution >= 0.6 is 0 Å². The molecule has 0 saturated heterocycles. The monoisotopic (exact) mass is 142 g/mol. The molecule has 0 spiro atoms. The number of aliphatic carboxylic acids is 1. The van der Waals surface area contributed by atoms with E-state index in [-0.39, 0.29) is 18.1 Å². The van der Waals surface area contributed by atoms with Gasteiger partial charge in [-0.2, -0.15) is 0 Å². The molecular formula is C6H6O4. The fourth-order valence-corrected chi connectivity index (χ4v) is 0.505. The molecular weight excluding hydrogens is 136 g/mol. The lowest BCUT2D eigenvalue weighted by atomic mass is 10.3. The second-order valence-electron chi connectivity index (χ2n) is 1.69. The molecule has 0 bridgehead atoms. The Labute approximate surface area is 57.4 Å². The van der Waals surface area contributed by atoms with Crippen LogP contribution in [-0.4, -0.2) is 17.9 Å². The Balaban J connectivity index is 2.65. The minimum absolute atomic E-state index is 0.0711. The Morgan fingerprint density at radius 1 is 1.80 bits per heavy atom. The third-order valence-electron chi connectivity index (χ3n) is 1.03. The van der Waals surface area contributed by atoms with Crippen LogP contribution in [0, 0.1) is 0 Å². The number of hydrogen-bond donors (Lipinski definition) is 1. The summed E-state index contributed by atoms with van der Waals surface area (Å²) in [6.07, 6.45) is 1.23. The normalized spacial score (nSPS) is 15.0. The number of carboxylic acid groups (broad SMARTS) is 1. The maximum atomic E-state index is 10.2. The van der Waals surface area contributed by atoms with Gasteiger partial charge in [-0.05, 0) is 0 Å². The quantitative estimate of drug-likeness (QED) is 0.569. The Bertz CT molecular complexity index is 204. The fourth-order valence-electron chi connectivity index (χ4n) is 0.505. The molecule has 0 aliphatic carbocycles. The van der Waals surface area contributed by atoms with E-state index in [2.05, 4.69) is 11.3 Å². The van der Waals surface area contributed by atoms with E-state index >= 15 is 0 Å². The molecule has 4 nitrogen and oxygen atoms in total. The van der Waals surface area contributed by atoms with Gasteiger partial charge in [-0.15, -0.1) is 0 Å². The molecule has 1 aliphatic heterocycles. The van der Waals surface area contributed by atoms with Crippen molar-refractivity contribution in [3.63, 3.8) is 0 Å². The van der Waals surface area contributed by atoms with Gasteiger partial charge in [-0.1, -0.05) is 6.58 Å². The van der Waals surface area contributed by atoms with Crippen molar-refractivity contribution in [2.45, 2.75) is 0 Å². The van der Waals surface area contributed by atoms with Crippen molar-refractivity contribution in [2.75, 3.05) is 6.79 Å². The lowest BCUT2D eigenvalue weighted by Crippen LogP contribution is -2.02. The van der Waals surface area contributed by atoms with E-state index in [0.29, 0.717) is 0 Å². The van der Waals surface area contributed by atoms with Crippen LogP contribution in [0.3, 0.4) is 0 Å². The summed E-state index contributed by atoms with van der Waals surface area (Å²) in [6, 6.07) is 0. The maximum absolute atomic E-state index is 10.2. The number of ether oxygens (including phenoxy) is 2. The van der Waals surface area contributed by atoms with Crippen molar-refractivity contribution < 1.29 is 19.4 Å². The van der Waals surface area contributed by atoms with Gasteiger partial charge in [0.05, 0.1) is 5.57 Å². The Morgan fingerprint density at radius 2 is 2.50 bits per heavy atom. The number of carboxylic acids is 1. The molecule has 1 heterocycles. The maximum Gasteiger partial charge on any atom is 0.338 e. The topological polar surface area (TPSA) is 55.8 Å². The summed E-state index contributed by atoms with van der Waals surface area (Å²) in [5.41, 5.74) is -0.0856. The van der Waals surface area contributed by atoms with Gasteiger partial charge in [0.1, 0.15) is 6.26 Å². The molecule has 1 rings (SSSR count). The number of carbonyl (C=O) groups is 1. The first-order chi connectivity index (χ1) is 4.72. The van der Waals surface area contributed by atoms with Crippen molar-refractivity contribution in [1.82, 2.24) is 0 Å². The highest BCUT2D eigenvalue weighted by atomic mass is 16.7. The highest BCUT2D eigenvalue weighted by Crippen LogP contribution is 2.14. The molecule has 0 amide bonds. The van der Waals surface area contributed by atoms with E-state index in [1.807, 2.05) is 0 Å². The highest BCUT2D eigenvalue weighted by molar-refractivity contribution is 5.90. The average molecular weight is 142 g/mol. The van der Waals surface area contributed by atoms with Crippen LogP contribution in [0.4, 0.5) is 0 Å². The van der Waals surface area contributed by atoms with Crippen LogP contribution < -0.4 is 0 Å². The highest BCUT2D eigenvalue weighted by Gasteiger charge is 2.15. The zero-order chi connectivity index (χ0) is 7.56. The van der Waals surface area contributed by atoms with Gasteiger partial charge in [0, 0.05) is 0 Å². The third kappa shape index (κ3) is 1.10. The molecule has 0 aromatic rings. The lowest BCUT2D eigenvalue weighted by Gasteiger charge is -1.97. The molecule has 0 radical (unpaired) electrons. The van der Waals surface area contributed by atoms with E-state index in [1.54, 1.807) is 0 Å². The molecule has 10 heavy (non-hydrogen) atoms. The second-order valence-corrected chi connectivity index (χ2v) is 1.69. The van der Waals surface area contributed by atoms with E-state index in [4.69, 9.17) is 9.84 Å². The van der Waals surface area contributed by atoms with Crippen LogP contribution in [-0.2, 0) is 14.3 Å². The Hall–Kier alpha value is -1.45. The van der Waals surface area contributed by atoms with Crippen LogP contribution in [0.2, 0.25) is 0 Å². The zero-order valence-corrected chi connectivity index (χ0v) is 5.16. The number of rotatable bonds is 2. The van der Waals surface area contributed by atoms with Gasteiger partial charge >= 0.3 is 5.97 Å². The lowest BCUT2D eigenvalue weighted by molar-refractivity contribution is -0.132. The first-order valence-electron chi connectivity index (χ1n) is 2.59. The number of hydrogen-bond acceptors (Lipinski definition) is 3. The van der Waals surface area contributed by atoms with Crippen molar-refractivity contribution in [3.8, 4) is 0 Å². The van der Waals surface area contributed by atoms with Crippen molar-refractivity contribution in [1.29, 1.82) is 0 Å². The molecule has 4 heteroatoms. The SMILES string of the molecule is C=C(C(=O)O)C1=COCO1. The van der Waals surface area contributed by atoms with Gasteiger partial charge in [0.2, 0.25) is 6.79 Å². The van der Waals surface area contributed by atoms with Gasteiger partial charge in [0.25, 0.3) is 0 Å². The van der Waals surface area contributed by atoms with Crippen molar-refractivity contribution >= 4 is 5.97 Å². The summed E-state index contributed by atoms with van der Waals surface area (Å²) in [5.74, 6) is -0.913. The summed E-state index contributed by atoms with van der Waals surface area (Å²) in [4.78, 5) is 10.2. The van der Waals surface area contributed by atoms with E-state index in [9.17, 15) is 4.79 Å². The van der Waals surface area contributed by atoms with Crippen molar-refractivity contribution in [2.24, 2.45) is 0 Å². The standard InChI is InChI=1S/C6H6O4/c1-4(6(7)8)5-2-9-3-10-5/h2H,1,3H2,(H,7,8). The van der Waals surface area contributed by atoms with Crippen LogP contribution in [0.25, 0.3) is 0 Å². The second kappa shape index (κ2) is 2.43. The van der Waals surface area contributed by atoms with Gasteiger partial charge < -0.3 is 14.6 Å². The summed E-state index contributed by atoms with van der Waals surface area (Å²) in [7, 11) is 0. The van der Waals surface area contributed by atoms with Gasteiger partial charge in [0.15, 0.2) is 5.76 Å². The average Bonchev–Trinajstić information content (AvgIpc) is 2.36. The van der Waals surface area contributed by atoms with E-state index in [1.165, 1.54) is 6.26 Å². The Morgan fingerprint density at radius 3 is 2.90 bits per heavy atom. The minimum Gasteiger partial charge on any atom is -0.478 e. The molecule has 0 unspecified atom stereocenters. The Kier molecular flexibility index (Phi) is 1.62. The van der Waals surface area contributed by atoms with Crippen molar-refractivity contribution in [3.05, 3.63) is 24.2 Å². The summed E-state index contributed by atoms with van der Waals surface area (Å²) in [5, 5.41) is 8.37. The van der Waals surface area contributed by atoms with E-state index in [0.717, 1.165) is 0 Å². The zero-order valence-electron chi connectivity index (χ0n) is 5.16. The molecule has 1 N–H and O–H groups in total. The van der Waals surface area contributed by atoms with Gasteiger partial charge in [-0.25, -0.2) is 4.79 Å².